The molecule has 0 aromatic heterocycles. The lowest BCUT2D eigenvalue weighted by molar-refractivity contribution is 0.272. The van der Waals surface area contributed by atoms with Crippen LogP contribution in [-0.2, 0) is 9.84 Å². The predicted octanol–water partition coefficient (Wildman–Crippen LogP) is -0.328. The van der Waals surface area contributed by atoms with Crippen LogP contribution in [0, 0.1) is 0 Å². The highest BCUT2D eigenvalue weighted by Gasteiger charge is 2.27. The third kappa shape index (κ3) is 2.93. The highest BCUT2D eigenvalue weighted by molar-refractivity contribution is 7.92. The highest BCUT2D eigenvalue weighted by Crippen LogP contribution is 2.06. The summed E-state index contributed by atoms with van der Waals surface area (Å²) in [5.41, 5.74) is 0. The summed E-state index contributed by atoms with van der Waals surface area (Å²) in [5.74, 6) is 0.290. The molecule has 0 spiro atoms. The average molecular weight is 206 g/mol. The number of piperazine rings is 1. The van der Waals surface area contributed by atoms with Crippen LogP contribution in [0.2, 0.25) is 0 Å². The first-order valence-corrected chi connectivity index (χ1v) is 6.41. The minimum absolute atomic E-state index is 0.290. The molecule has 4 nitrogen and oxygen atoms in total. The third-order valence-corrected chi connectivity index (χ3v) is 4.43. The van der Waals surface area contributed by atoms with E-state index >= 15 is 0 Å². The van der Waals surface area contributed by atoms with Crippen molar-refractivity contribution in [2.75, 3.05) is 32.4 Å². The second kappa shape index (κ2) is 4.39. The van der Waals surface area contributed by atoms with Gasteiger partial charge in [-0.1, -0.05) is 6.92 Å². The molecule has 0 aromatic carbocycles. The van der Waals surface area contributed by atoms with Gasteiger partial charge in [0, 0.05) is 19.6 Å². The van der Waals surface area contributed by atoms with E-state index in [4.69, 9.17) is 0 Å². The largest absolute Gasteiger partial charge is 0.303 e. The number of hydrogen-bond donors (Lipinski definition) is 1. The SMILES string of the molecule is CCCS(=O)(=O)C1CN(C)CCN1. The summed E-state index contributed by atoms with van der Waals surface area (Å²) < 4.78 is 23.3. The van der Waals surface area contributed by atoms with Crippen LogP contribution in [-0.4, -0.2) is 51.1 Å². The Labute approximate surface area is 80.2 Å². The molecule has 78 valence electrons. The number of hydrogen-bond acceptors (Lipinski definition) is 4. The van der Waals surface area contributed by atoms with E-state index in [0.717, 1.165) is 13.1 Å². The van der Waals surface area contributed by atoms with Gasteiger partial charge in [0.15, 0.2) is 9.84 Å². The molecule has 13 heavy (non-hydrogen) atoms. The smallest absolute Gasteiger partial charge is 0.167 e. The van der Waals surface area contributed by atoms with Gasteiger partial charge in [0.05, 0.1) is 5.75 Å². The van der Waals surface area contributed by atoms with Crippen molar-refractivity contribution in [2.24, 2.45) is 0 Å². The highest BCUT2D eigenvalue weighted by atomic mass is 32.2. The normalized spacial score (nSPS) is 26.2. The molecule has 1 saturated heterocycles. The van der Waals surface area contributed by atoms with Gasteiger partial charge in [-0.15, -0.1) is 0 Å². The van der Waals surface area contributed by atoms with E-state index in [2.05, 4.69) is 5.32 Å². The fourth-order valence-corrected chi connectivity index (χ4v) is 3.23. The molecule has 1 rings (SSSR count). The lowest BCUT2D eigenvalue weighted by atomic mass is 10.4. The maximum atomic E-state index is 11.6. The van der Waals surface area contributed by atoms with E-state index in [1.54, 1.807) is 0 Å². The Bertz CT molecular complexity index is 251. The fraction of sp³-hybridized carbons (Fsp3) is 1.00. The standard InChI is InChI=1S/C8H18N2O2S/c1-3-6-13(11,12)8-7-10(2)5-4-9-8/h8-9H,3-7H2,1-2H3. The fourth-order valence-electron chi connectivity index (χ4n) is 1.52. The van der Waals surface area contributed by atoms with Gasteiger partial charge in [0.25, 0.3) is 0 Å². The Kier molecular flexibility index (Phi) is 3.70. The number of rotatable bonds is 3. The second-order valence-electron chi connectivity index (χ2n) is 3.57. The van der Waals surface area contributed by atoms with Crippen molar-refractivity contribution >= 4 is 9.84 Å². The van der Waals surface area contributed by atoms with Crippen LogP contribution in [0.15, 0.2) is 0 Å². The monoisotopic (exact) mass is 206 g/mol. The first-order chi connectivity index (χ1) is 6.06. The Morgan fingerprint density at radius 3 is 2.77 bits per heavy atom. The Morgan fingerprint density at radius 1 is 1.54 bits per heavy atom. The van der Waals surface area contributed by atoms with E-state index in [0.29, 0.717) is 18.7 Å². The Balaban J connectivity index is 2.60. The minimum Gasteiger partial charge on any atom is -0.303 e. The molecule has 5 heteroatoms. The molecule has 1 atom stereocenters. The molecule has 0 radical (unpaired) electrons. The van der Waals surface area contributed by atoms with Gasteiger partial charge in [0.2, 0.25) is 0 Å². The van der Waals surface area contributed by atoms with Crippen LogP contribution in [0.3, 0.4) is 0 Å². The number of likely N-dealkylation sites (N-methyl/N-ethyl adjacent to an activating group) is 1. The Hall–Kier alpha value is -0.130. The zero-order valence-electron chi connectivity index (χ0n) is 8.28. The summed E-state index contributed by atoms with van der Waals surface area (Å²) in [6.45, 7) is 4.20. The van der Waals surface area contributed by atoms with Gasteiger partial charge in [-0.25, -0.2) is 8.42 Å². The number of nitrogens with one attached hydrogen (secondary N) is 1. The molecule has 1 heterocycles. The Morgan fingerprint density at radius 2 is 2.23 bits per heavy atom. The van der Waals surface area contributed by atoms with Gasteiger partial charge < -0.3 is 4.90 Å². The van der Waals surface area contributed by atoms with Gasteiger partial charge in [-0.05, 0) is 13.5 Å². The first kappa shape index (κ1) is 10.9. The summed E-state index contributed by atoms with van der Waals surface area (Å²) in [6, 6.07) is 0. The van der Waals surface area contributed by atoms with Gasteiger partial charge in [0.1, 0.15) is 5.37 Å². The molecule has 1 aliphatic heterocycles. The molecule has 0 saturated carbocycles. The van der Waals surface area contributed by atoms with E-state index in [1.807, 2.05) is 18.9 Å². The number of sulfone groups is 1. The van der Waals surface area contributed by atoms with Crippen molar-refractivity contribution < 1.29 is 8.42 Å². The molecule has 1 aliphatic rings. The summed E-state index contributed by atoms with van der Waals surface area (Å²) in [7, 11) is -0.965. The van der Waals surface area contributed by atoms with Gasteiger partial charge in [-0.3, -0.25) is 5.32 Å². The topological polar surface area (TPSA) is 49.4 Å². The molecule has 1 unspecified atom stereocenters. The van der Waals surface area contributed by atoms with Crippen molar-refractivity contribution in [3.05, 3.63) is 0 Å². The molecule has 0 aromatic rings. The van der Waals surface area contributed by atoms with Crippen LogP contribution in [0.1, 0.15) is 13.3 Å². The van der Waals surface area contributed by atoms with Crippen molar-refractivity contribution in [3.63, 3.8) is 0 Å². The van der Waals surface area contributed by atoms with E-state index < -0.39 is 9.84 Å². The first-order valence-electron chi connectivity index (χ1n) is 4.69. The van der Waals surface area contributed by atoms with Crippen LogP contribution in [0.5, 0.6) is 0 Å². The summed E-state index contributed by atoms with van der Waals surface area (Å²) in [5, 5.41) is 2.69. The van der Waals surface area contributed by atoms with Crippen LogP contribution in [0.25, 0.3) is 0 Å². The zero-order chi connectivity index (χ0) is 9.90. The van der Waals surface area contributed by atoms with Crippen LogP contribution in [0.4, 0.5) is 0 Å². The quantitative estimate of drug-likeness (QED) is 0.687. The van der Waals surface area contributed by atoms with Gasteiger partial charge in [-0.2, -0.15) is 0 Å². The van der Waals surface area contributed by atoms with Gasteiger partial charge >= 0.3 is 0 Å². The van der Waals surface area contributed by atoms with E-state index in [9.17, 15) is 8.42 Å². The minimum atomic E-state index is -2.92. The second-order valence-corrected chi connectivity index (χ2v) is 5.87. The maximum Gasteiger partial charge on any atom is 0.167 e. The van der Waals surface area contributed by atoms with E-state index in [1.165, 1.54) is 0 Å². The van der Waals surface area contributed by atoms with Crippen LogP contribution >= 0.6 is 0 Å². The molecular weight excluding hydrogens is 188 g/mol. The zero-order valence-corrected chi connectivity index (χ0v) is 9.10. The van der Waals surface area contributed by atoms with E-state index in [-0.39, 0.29) is 5.37 Å². The van der Waals surface area contributed by atoms with Crippen molar-refractivity contribution in [3.8, 4) is 0 Å². The molecular formula is C8H18N2O2S. The summed E-state index contributed by atoms with van der Waals surface area (Å²) in [4.78, 5) is 2.05. The lowest BCUT2D eigenvalue weighted by Gasteiger charge is -2.30. The average Bonchev–Trinajstić information content (AvgIpc) is 2.04. The molecule has 1 N–H and O–H groups in total. The molecule has 0 aliphatic carbocycles. The number of nitrogens with zero attached hydrogens (tertiary/aromatic N) is 1. The summed E-state index contributed by atoms with van der Waals surface area (Å²) >= 11 is 0. The van der Waals surface area contributed by atoms with Crippen LogP contribution < -0.4 is 5.32 Å². The molecule has 0 bridgehead atoms. The lowest BCUT2D eigenvalue weighted by Crippen LogP contribution is -2.53. The van der Waals surface area contributed by atoms with Crippen molar-refractivity contribution in [1.82, 2.24) is 10.2 Å². The predicted molar refractivity (Wildman–Crippen MR) is 53.4 cm³/mol. The maximum absolute atomic E-state index is 11.6. The van der Waals surface area contributed by atoms with Crippen molar-refractivity contribution in [2.45, 2.75) is 18.7 Å². The summed E-state index contributed by atoms with van der Waals surface area (Å²) in [6.07, 6.45) is 0.699. The molecule has 0 amide bonds. The third-order valence-electron chi connectivity index (χ3n) is 2.27. The molecule has 1 fully saturated rings. The van der Waals surface area contributed by atoms with Crippen molar-refractivity contribution in [1.29, 1.82) is 0 Å².